The first-order valence-corrected chi connectivity index (χ1v) is 8.88. The fourth-order valence-corrected chi connectivity index (χ4v) is 3.76. The highest BCUT2D eigenvalue weighted by Gasteiger charge is 2.39. The Bertz CT molecular complexity index is 724. The molecule has 0 atom stereocenters. The van der Waals surface area contributed by atoms with Crippen LogP contribution in [0.25, 0.3) is 0 Å². The molecular formula is C20H25NO5. The molecule has 0 unspecified atom stereocenters. The van der Waals surface area contributed by atoms with Gasteiger partial charge in [0.15, 0.2) is 0 Å². The Hall–Kier alpha value is -2.50. The van der Waals surface area contributed by atoms with Crippen LogP contribution in [0.2, 0.25) is 0 Å². The van der Waals surface area contributed by atoms with Crippen LogP contribution >= 0.6 is 0 Å². The molecule has 1 N–H and O–H groups in total. The Morgan fingerprint density at radius 2 is 1.69 bits per heavy atom. The number of carbonyl (C=O) groups excluding carboxylic acids is 2. The van der Waals surface area contributed by atoms with Crippen LogP contribution in [-0.4, -0.2) is 35.0 Å². The Morgan fingerprint density at radius 3 is 2.12 bits per heavy atom. The first-order chi connectivity index (χ1) is 12.3. The van der Waals surface area contributed by atoms with Crippen LogP contribution in [0.15, 0.2) is 17.3 Å². The highest BCUT2D eigenvalue weighted by Crippen LogP contribution is 2.36. The predicted molar refractivity (Wildman–Crippen MR) is 97.7 cm³/mol. The molecule has 0 heterocycles. The van der Waals surface area contributed by atoms with Crippen LogP contribution in [0.4, 0.5) is 0 Å². The standard InChI is InChI=1S/C20H25NO5/c1-5-15(21-26-6-2)19-16(22)9-13(10-17(19)23)18-11(3)7-14(20(24)25)8-12(18)4/h7-8,13,19H,5-6,9-10H2,1-4H3,(H,24,25)/b21-15+. The summed E-state index contributed by atoms with van der Waals surface area (Å²) >= 11 is 0. The summed E-state index contributed by atoms with van der Waals surface area (Å²) in [4.78, 5) is 41.6. The van der Waals surface area contributed by atoms with Gasteiger partial charge in [-0.1, -0.05) is 12.1 Å². The molecule has 0 aliphatic heterocycles. The average Bonchev–Trinajstić information content (AvgIpc) is 2.56. The molecule has 0 radical (unpaired) electrons. The number of benzene rings is 1. The van der Waals surface area contributed by atoms with E-state index in [0.717, 1.165) is 16.7 Å². The molecule has 140 valence electrons. The minimum atomic E-state index is -0.988. The number of oxime groups is 1. The summed E-state index contributed by atoms with van der Waals surface area (Å²) in [5.41, 5.74) is 3.19. The third-order valence-electron chi connectivity index (χ3n) is 4.79. The second kappa shape index (κ2) is 8.25. The number of Topliss-reactive ketones (excluding diaryl/α,β-unsaturated/α-hetero) is 2. The molecule has 0 aromatic heterocycles. The van der Waals surface area contributed by atoms with E-state index in [9.17, 15) is 19.5 Å². The molecule has 1 fully saturated rings. The van der Waals surface area contributed by atoms with Crippen LogP contribution in [0.3, 0.4) is 0 Å². The summed E-state index contributed by atoms with van der Waals surface area (Å²) in [6, 6.07) is 3.19. The molecule has 6 heteroatoms. The molecule has 1 aliphatic carbocycles. The normalized spacial score (nSPS) is 21.0. The molecule has 0 spiro atoms. The molecule has 0 saturated heterocycles. The van der Waals surface area contributed by atoms with E-state index in [2.05, 4.69) is 5.16 Å². The van der Waals surface area contributed by atoms with Crippen molar-refractivity contribution in [2.24, 2.45) is 11.1 Å². The molecule has 1 aromatic rings. The lowest BCUT2D eigenvalue weighted by Gasteiger charge is -2.29. The number of hydrogen-bond donors (Lipinski definition) is 1. The zero-order chi connectivity index (χ0) is 19.4. The van der Waals surface area contributed by atoms with Crippen molar-refractivity contribution >= 4 is 23.2 Å². The van der Waals surface area contributed by atoms with Gasteiger partial charge in [0.1, 0.15) is 24.1 Å². The molecule has 2 rings (SSSR count). The van der Waals surface area contributed by atoms with Crippen LogP contribution in [0, 0.1) is 19.8 Å². The second-order valence-electron chi connectivity index (χ2n) is 6.65. The third-order valence-corrected chi connectivity index (χ3v) is 4.79. The molecular weight excluding hydrogens is 334 g/mol. The van der Waals surface area contributed by atoms with Gasteiger partial charge in [-0.05, 0) is 61.9 Å². The zero-order valence-corrected chi connectivity index (χ0v) is 15.7. The van der Waals surface area contributed by atoms with Gasteiger partial charge < -0.3 is 9.94 Å². The molecule has 26 heavy (non-hydrogen) atoms. The molecule has 6 nitrogen and oxygen atoms in total. The highest BCUT2D eigenvalue weighted by atomic mass is 16.6. The van der Waals surface area contributed by atoms with Gasteiger partial charge in [-0.15, -0.1) is 0 Å². The number of nitrogens with zero attached hydrogens (tertiary/aromatic N) is 1. The number of rotatable bonds is 6. The number of hydrogen-bond acceptors (Lipinski definition) is 5. The van der Waals surface area contributed by atoms with Crippen molar-refractivity contribution in [1.29, 1.82) is 0 Å². The van der Waals surface area contributed by atoms with Gasteiger partial charge in [0.2, 0.25) is 0 Å². The van der Waals surface area contributed by atoms with E-state index < -0.39 is 11.9 Å². The van der Waals surface area contributed by atoms with E-state index in [-0.39, 0.29) is 35.9 Å². The Kier molecular flexibility index (Phi) is 6.29. The predicted octanol–water partition coefficient (Wildman–Crippen LogP) is 3.44. The maximum atomic E-state index is 12.7. The minimum absolute atomic E-state index is 0.146. The number of carbonyl (C=O) groups is 3. The number of carboxylic acids is 1. The van der Waals surface area contributed by atoms with Crippen molar-refractivity contribution in [3.05, 3.63) is 34.4 Å². The van der Waals surface area contributed by atoms with Crippen molar-refractivity contribution < 1.29 is 24.3 Å². The van der Waals surface area contributed by atoms with E-state index in [1.807, 2.05) is 20.8 Å². The van der Waals surface area contributed by atoms with Crippen LogP contribution in [0.1, 0.15) is 66.1 Å². The van der Waals surface area contributed by atoms with Crippen LogP contribution in [0.5, 0.6) is 0 Å². The van der Waals surface area contributed by atoms with E-state index >= 15 is 0 Å². The van der Waals surface area contributed by atoms with E-state index in [0.29, 0.717) is 18.7 Å². The largest absolute Gasteiger partial charge is 0.478 e. The topological polar surface area (TPSA) is 93.0 Å². The van der Waals surface area contributed by atoms with E-state index in [1.54, 1.807) is 19.1 Å². The minimum Gasteiger partial charge on any atom is -0.478 e. The van der Waals surface area contributed by atoms with Gasteiger partial charge in [-0.25, -0.2) is 4.79 Å². The summed E-state index contributed by atoms with van der Waals surface area (Å²) in [5, 5.41) is 13.1. The SMILES string of the molecule is CCO/N=C(\CC)C1C(=O)CC(c2c(C)cc(C(=O)O)cc2C)CC1=O. The molecule has 1 aliphatic rings. The van der Waals surface area contributed by atoms with Crippen molar-refractivity contribution in [2.45, 2.75) is 52.9 Å². The first kappa shape index (κ1) is 19.8. The average molecular weight is 359 g/mol. The number of ketones is 2. The van der Waals surface area contributed by atoms with Gasteiger partial charge in [0, 0.05) is 12.8 Å². The van der Waals surface area contributed by atoms with E-state index in [4.69, 9.17) is 4.84 Å². The maximum absolute atomic E-state index is 12.7. The van der Waals surface area contributed by atoms with Gasteiger partial charge in [-0.2, -0.15) is 0 Å². The fourth-order valence-electron chi connectivity index (χ4n) is 3.76. The van der Waals surface area contributed by atoms with Crippen molar-refractivity contribution in [3.63, 3.8) is 0 Å². The second-order valence-corrected chi connectivity index (χ2v) is 6.65. The Labute approximate surface area is 153 Å². The lowest BCUT2D eigenvalue weighted by molar-refractivity contribution is -0.133. The summed E-state index contributed by atoms with van der Waals surface area (Å²) in [6.45, 7) is 7.68. The molecule has 0 amide bonds. The number of carboxylic acid groups (broad SMARTS) is 1. The lowest BCUT2D eigenvalue weighted by atomic mass is 9.73. The summed E-state index contributed by atoms with van der Waals surface area (Å²) in [5.74, 6) is -2.32. The quantitative estimate of drug-likeness (QED) is 0.477. The highest BCUT2D eigenvalue weighted by molar-refractivity contribution is 6.22. The molecule has 1 aromatic carbocycles. The van der Waals surface area contributed by atoms with Gasteiger partial charge in [0.05, 0.1) is 11.3 Å². The maximum Gasteiger partial charge on any atom is 0.335 e. The molecule has 0 bridgehead atoms. The van der Waals surface area contributed by atoms with Gasteiger partial charge in [0.25, 0.3) is 0 Å². The van der Waals surface area contributed by atoms with Crippen molar-refractivity contribution in [1.82, 2.24) is 0 Å². The van der Waals surface area contributed by atoms with Gasteiger partial charge >= 0.3 is 5.97 Å². The summed E-state index contributed by atoms with van der Waals surface area (Å²) in [7, 11) is 0. The van der Waals surface area contributed by atoms with E-state index in [1.165, 1.54) is 0 Å². The summed E-state index contributed by atoms with van der Waals surface area (Å²) < 4.78 is 0. The first-order valence-electron chi connectivity index (χ1n) is 8.88. The monoisotopic (exact) mass is 359 g/mol. The van der Waals surface area contributed by atoms with Crippen LogP contribution < -0.4 is 0 Å². The smallest absolute Gasteiger partial charge is 0.335 e. The molecule has 1 saturated carbocycles. The van der Waals surface area contributed by atoms with Crippen molar-refractivity contribution in [3.8, 4) is 0 Å². The Balaban J connectivity index is 2.31. The number of aromatic carboxylic acids is 1. The van der Waals surface area contributed by atoms with Crippen molar-refractivity contribution in [2.75, 3.05) is 6.61 Å². The lowest BCUT2D eigenvalue weighted by Crippen LogP contribution is -2.38. The Morgan fingerprint density at radius 1 is 1.15 bits per heavy atom. The third kappa shape index (κ3) is 4.00. The fraction of sp³-hybridized carbons (Fsp3) is 0.500. The summed E-state index contributed by atoms with van der Waals surface area (Å²) in [6.07, 6.45) is 0.976. The van der Waals surface area contributed by atoms with Gasteiger partial charge in [-0.3, -0.25) is 9.59 Å². The number of aryl methyl sites for hydroxylation is 2. The zero-order valence-electron chi connectivity index (χ0n) is 15.7. The van der Waals surface area contributed by atoms with Crippen LogP contribution in [-0.2, 0) is 14.4 Å².